The summed E-state index contributed by atoms with van der Waals surface area (Å²) in [5, 5.41) is 0. The average molecular weight is 169 g/mol. The number of rotatable bonds is 1. The van der Waals surface area contributed by atoms with Crippen LogP contribution in [0, 0.1) is 6.54 Å². The standard InChI is InChI=1S/C8H13N2O2/c1-5-10-7(12)9(4)6(11)8(10,2)3/h5H,1-4H3. The van der Waals surface area contributed by atoms with Crippen LogP contribution >= 0.6 is 0 Å². The fourth-order valence-electron chi connectivity index (χ4n) is 1.43. The van der Waals surface area contributed by atoms with Crippen LogP contribution in [0.4, 0.5) is 4.79 Å². The first-order valence-corrected chi connectivity index (χ1v) is 3.84. The minimum absolute atomic E-state index is 0.161. The molecule has 3 amide bonds. The Balaban J connectivity index is 3.04. The topological polar surface area (TPSA) is 40.6 Å². The number of hydrogen-bond acceptors (Lipinski definition) is 2. The van der Waals surface area contributed by atoms with Crippen LogP contribution < -0.4 is 0 Å². The zero-order valence-electron chi connectivity index (χ0n) is 7.79. The summed E-state index contributed by atoms with van der Waals surface area (Å²) in [6, 6.07) is -0.257. The molecule has 1 heterocycles. The zero-order valence-corrected chi connectivity index (χ0v) is 7.79. The van der Waals surface area contributed by atoms with Crippen molar-refractivity contribution in [1.29, 1.82) is 0 Å². The van der Waals surface area contributed by atoms with Gasteiger partial charge >= 0.3 is 6.03 Å². The number of urea groups is 1. The summed E-state index contributed by atoms with van der Waals surface area (Å²) in [4.78, 5) is 25.4. The maximum Gasteiger partial charge on any atom is 0.327 e. The Bertz CT molecular complexity index is 235. The molecule has 0 atom stereocenters. The van der Waals surface area contributed by atoms with Crippen molar-refractivity contribution in [2.45, 2.75) is 26.3 Å². The summed E-state index contributed by atoms with van der Waals surface area (Å²) in [7, 11) is 1.50. The number of amides is 3. The van der Waals surface area contributed by atoms with E-state index in [1.165, 1.54) is 11.9 Å². The first-order chi connectivity index (χ1) is 5.42. The second-order valence-corrected chi connectivity index (χ2v) is 3.33. The third-order valence-corrected chi connectivity index (χ3v) is 2.18. The molecule has 12 heavy (non-hydrogen) atoms. The maximum absolute atomic E-state index is 11.4. The smallest absolute Gasteiger partial charge is 0.305 e. The van der Waals surface area contributed by atoms with Crippen molar-refractivity contribution >= 4 is 11.9 Å². The van der Waals surface area contributed by atoms with E-state index in [-0.39, 0.29) is 11.9 Å². The van der Waals surface area contributed by atoms with E-state index >= 15 is 0 Å². The summed E-state index contributed by atoms with van der Waals surface area (Å²) in [5.41, 5.74) is -0.722. The highest BCUT2D eigenvalue weighted by molar-refractivity contribution is 6.06. The molecular weight excluding hydrogens is 156 g/mol. The monoisotopic (exact) mass is 169 g/mol. The van der Waals surface area contributed by atoms with Crippen LogP contribution in [0.2, 0.25) is 0 Å². The van der Waals surface area contributed by atoms with Crippen molar-refractivity contribution < 1.29 is 9.59 Å². The lowest BCUT2D eigenvalue weighted by Gasteiger charge is -2.25. The van der Waals surface area contributed by atoms with Crippen molar-refractivity contribution in [3.8, 4) is 0 Å². The fraction of sp³-hybridized carbons (Fsp3) is 0.625. The van der Waals surface area contributed by atoms with Crippen LogP contribution in [0.1, 0.15) is 20.8 Å². The lowest BCUT2D eigenvalue weighted by atomic mass is 10.0. The van der Waals surface area contributed by atoms with Crippen LogP contribution in [0.5, 0.6) is 0 Å². The van der Waals surface area contributed by atoms with Gasteiger partial charge in [0.05, 0.1) is 6.54 Å². The molecule has 0 spiro atoms. The molecule has 0 aliphatic carbocycles. The summed E-state index contributed by atoms with van der Waals surface area (Å²) < 4.78 is 0. The van der Waals surface area contributed by atoms with E-state index in [2.05, 4.69) is 0 Å². The normalized spacial score (nSPS) is 22.3. The highest BCUT2D eigenvalue weighted by Gasteiger charge is 2.48. The quantitative estimate of drug-likeness (QED) is 0.546. The van der Waals surface area contributed by atoms with E-state index < -0.39 is 5.54 Å². The van der Waals surface area contributed by atoms with E-state index in [1.807, 2.05) is 0 Å². The lowest BCUT2D eigenvalue weighted by Crippen LogP contribution is -2.41. The van der Waals surface area contributed by atoms with Crippen LogP contribution in [-0.4, -0.2) is 34.3 Å². The lowest BCUT2D eigenvalue weighted by molar-refractivity contribution is -0.130. The number of carbonyl (C=O) groups excluding carboxylic acids is 2. The molecule has 0 N–H and O–H groups in total. The van der Waals surface area contributed by atoms with Crippen molar-refractivity contribution in [3.05, 3.63) is 6.54 Å². The van der Waals surface area contributed by atoms with Crippen molar-refractivity contribution in [1.82, 2.24) is 9.80 Å². The van der Waals surface area contributed by atoms with E-state index in [9.17, 15) is 9.59 Å². The summed E-state index contributed by atoms with van der Waals surface area (Å²) in [5.74, 6) is -0.161. The minimum atomic E-state index is -0.722. The third-order valence-electron chi connectivity index (χ3n) is 2.18. The Morgan fingerprint density at radius 2 is 1.83 bits per heavy atom. The molecule has 1 radical (unpaired) electrons. The van der Waals surface area contributed by atoms with Gasteiger partial charge in [0.1, 0.15) is 5.54 Å². The molecule has 0 aromatic heterocycles. The highest BCUT2D eigenvalue weighted by atomic mass is 16.2. The summed E-state index contributed by atoms with van der Waals surface area (Å²) in [6.07, 6.45) is 0. The van der Waals surface area contributed by atoms with Gasteiger partial charge in [0.2, 0.25) is 0 Å². The molecule has 4 nitrogen and oxygen atoms in total. The van der Waals surface area contributed by atoms with Gasteiger partial charge < -0.3 is 4.90 Å². The summed E-state index contributed by atoms with van der Waals surface area (Å²) in [6.45, 7) is 6.84. The minimum Gasteiger partial charge on any atom is -0.305 e. The Morgan fingerprint density at radius 1 is 1.33 bits per heavy atom. The molecule has 1 fully saturated rings. The van der Waals surface area contributed by atoms with E-state index in [1.54, 1.807) is 27.3 Å². The van der Waals surface area contributed by atoms with E-state index in [4.69, 9.17) is 0 Å². The van der Waals surface area contributed by atoms with Crippen LogP contribution in [0.15, 0.2) is 0 Å². The second-order valence-electron chi connectivity index (χ2n) is 3.33. The van der Waals surface area contributed by atoms with Gasteiger partial charge in [-0.05, 0) is 20.8 Å². The van der Waals surface area contributed by atoms with Crippen LogP contribution in [0.25, 0.3) is 0 Å². The number of likely N-dealkylation sites (N-methyl/N-ethyl adjacent to an activating group) is 1. The molecule has 67 valence electrons. The first-order valence-electron chi connectivity index (χ1n) is 3.84. The SMILES string of the molecule is C[CH]N1C(=O)N(C)C(=O)C1(C)C. The van der Waals surface area contributed by atoms with Gasteiger partial charge in [-0.15, -0.1) is 0 Å². The third kappa shape index (κ3) is 0.906. The van der Waals surface area contributed by atoms with E-state index in [0.29, 0.717) is 0 Å². The number of carbonyl (C=O) groups is 2. The van der Waals surface area contributed by atoms with E-state index in [0.717, 1.165) is 4.90 Å². The molecule has 1 aliphatic heterocycles. The van der Waals surface area contributed by atoms with Crippen LogP contribution in [-0.2, 0) is 4.79 Å². The predicted octanol–water partition coefficient (Wildman–Crippen LogP) is 0.841. The molecule has 0 bridgehead atoms. The predicted molar refractivity (Wildman–Crippen MR) is 44.1 cm³/mol. The molecule has 1 saturated heterocycles. The number of imide groups is 1. The molecule has 4 heteroatoms. The second kappa shape index (κ2) is 2.47. The Labute approximate surface area is 72.1 Å². The van der Waals surface area contributed by atoms with Gasteiger partial charge in [-0.2, -0.15) is 0 Å². The van der Waals surface area contributed by atoms with Crippen molar-refractivity contribution in [3.63, 3.8) is 0 Å². The molecule has 0 unspecified atom stereocenters. The molecule has 0 aromatic carbocycles. The Hall–Kier alpha value is -1.06. The Kier molecular flexibility index (Phi) is 1.86. The van der Waals surface area contributed by atoms with Gasteiger partial charge in [-0.3, -0.25) is 9.69 Å². The highest BCUT2D eigenvalue weighted by Crippen LogP contribution is 2.26. The average Bonchev–Trinajstić information content (AvgIpc) is 2.13. The van der Waals surface area contributed by atoms with Gasteiger partial charge in [0, 0.05) is 7.05 Å². The van der Waals surface area contributed by atoms with Crippen molar-refractivity contribution in [2.24, 2.45) is 0 Å². The van der Waals surface area contributed by atoms with Gasteiger partial charge in [0.25, 0.3) is 5.91 Å². The summed E-state index contributed by atoms with van der Waals surface area (Å²) >= 11 is 0. The van der Waals surface area contributed by atoms with Gasteiger partial charge in [-0.1, -0.05) is 0 Å². The zero-order chi connectivity index (χ0) is 9.52. The number of nitrogens with zero attached hydrogens (tertiary/aromatic N) is 2. The largest absolute Gasteiger partial charge is 0.327 e. The van der Waals surface area contributed by atoms with Crippen molar-refractivity contribution in [2.75, 3.05) is 7.05 Å². The molecular formula is C8H13N2O2. The number of hydrogen-bond donors (Lipinski definition) is 0. The molecule has 1 aliphatic rings. The first kappa shape index (κ1) is 9.03. The maximum atomic E-state index is 11.4. The fourth-order valence-corrected chi connectivity index (χ4v) is 1.43. The molecule has 0 aromatic rings. The van der Waals surface area contributed by atoms with Crippen LogP contribution in [0.3, 0.4) is 0 Å². The Morgan fingerprint density at radius 3 is 2.00 bits per heavy atom. The molecule has 1 rings (SSSR count). The van der Waals surface area contributed by atoms with Gasteiger partial charge in [0.15, 0.2) is 0 Å². The van der Waals surface area contributed by atoms with Gasteiger partial charge in [-0.25, -0.2) is 4.79 Å². The molecule has 0 saturated carbocycles.